The third-order valence-corrected chi connectivity index (χ3v) is 4.10. The lowest BCUT2D eigenvalue weighted by Crippen LogP contribution is -2.51. The minimum absolute atomic E-state index is 0.186. The molecule has 2 rings (SSSR count). The van der Waals surface area contributed by atoms with Gasteiger partial charge in [0.15, 0.2) is 5.54 Å². The first-order chi connectivity index (χ1) is 10.8. The molecule has 1 unspecified atom stereocenters. The molecule has 0 spiro atoms. The lowest BCUT2D eigenvalue weighted by atomic mass is 9.87. The number of nitrogens with one attached hydrogen (secondary N) is 1. The Morgan fingerprint density at radius 2 is 1.87 bits per heavy atom. The van der Waals surface area contributed by atoms with Crippen molar-refractivity contribution in [1.29, 1.82) is 0 Å². The smallest absolute Gasteiger partial charge is 0.334 e. The van der Waals surface area contributed by atoms with Crippen LogP contribution in [0.15, 0.2) is 34.7 Å². The van der Waals surface area contributed by atoms with E-state index in [1.54, 1.807) is 51.1 Å². The SMILES string of the molecule is CCC(NC(=O)c1cc(C)oc1C)(C(=O)O)c1ccc(Cl)cc1. The maximum absolute atomic E-state index is 12.5. The molecule has 1 aromatic carbocycles. The van der Waals surface area contributed by atoms with Crippen molar-refractivity contribution in [2.45, 2.75) is 32.7 Å². The molecule has 1 atom stereocenters. The summed E-state index contributed by atoms with van der Waals surface area (Å²) in [4.78, 5) is 24.5. The summed E-state index contributed by atoms with van der Waals surface area (Å²) in [5, 5.41) is 12.9. The van der Waals surface area contributed by atoms with Gasteiger partial charge in [-0.3, -0.25) is 4.79 Å². The van der Waals surface area contributed by atoms with E-state index in [1.807, 2.05) is 0 Å². The quantitative estimate of drug-likeness (QED) is 0.873. The highest BCUT2D eigenvalue weighted by atomic mass is 35.5. The number of amides is 1. The minimum atomic E-state index is -1.53. The first-order valence-electron chi connectivity index (χ1n) is 7.19. The van der Waals surface area contributed by atoms with Gasteiger partial charge in [0.05, 0.1) is 5.56 Å². The summed E-state index contributed by atoms with van der Waals surface area (Å²) in [6, 6.07) is 8.00. The van der Waals surface area contributed by atoms with Crippen LogP contribution in [0.5, 0.6) is 0 Å². The highest BCUT2D eigenvalue weighted by Gasteiger charge is 2.40. The van der Waals surface area contributed by atoms with Crippen molar-refractivity contribution in [1.82, 2.24) is 5.32 Å². The van der Waals surface area contributed by atoms with Gasteiger partial charge in [-0.25, -0.2) is 4.79 Å². The van der Waals surface area contributed by atoms with Gasteiger partial charge in [0.2, 0.25) is 0 Å². The summed E-state index contributed by atoms with van der Waals surface area (Å²) in [7, 11) is 0. The fourth-order valence-corrected chi connectivity index (χ4v) is 2.67. The van der Waals surface area contributed by atoms with Gasteiger partial charge in [0.1, 0.15) is 11.5 Å². The Balaban J connectivity index is 2.43. The summed E-state index contributed by atoms with van der Waals surface area (Å²) >= 11 is 5.86. The fourth-order valence-electron chi connectivity index (χ4n) is 2.54. The van der Waals surface area contributed by atoms with Crippen LogP contribution in [0.3, 0.4) is 0 Å². The lowest BCUT2D eigenvalue weighted by Gasteiger charge is -2.30. The molecule has 2 N–H and O–H groups in total. The largest absolute Gasteiger partial charge is 0.479 e. The number of carboxylic acid groups (broad SMARTS) is 1. The number of aliphatic carboxylic acids is 1. The average molecular weight is 336 g/mol. The van der Waals surface area contributed by atoms with Crippen LogP contribution in [0.2, 0.25) is 5.02 Å². The van der Waals surface area contributed by atoms with Crippen molar-refractivity contribution in [2.24, 2.45) is 0 Å². The van der Waals surface area contributed by atoms with Crippen LogP contribution in [-0.2, 0) is 10.3 Å². The molecule has 6 heteroatoms. The summed E-state index contributed by atoms with van der Waals surface area (Å²) < 4.78 is 5.34. The number of hydrogen-bond donors (Lipinski definition) is 2. The summed E-state index contributed by atoms with van der Waals surface area (Å²) in [6.45, 7) is 5.10. The van der Waals surface area contributed by atoms with Gasteiger partial charge in [-0.2, -0.15) is 0 Å². The van der Waals surface area contributed by atoms with E-state index >= 15 is 0 Å². The van der Waals surface area contributed by atoms with Gasteiger partial charge in [-0.05, 0) is 44.0 Å². The maximum atomic E-state index is 12.5. The second-order valence-electron chi connectivity index (χ2n) is 5.35. The highest BCUT2D eigenvalue weighted by Crippen LogP contribution is 2.28. The molecule has 0 bridgehead atoms. The molecule has 1 heterocycles. The molecule has 122 valence electrons. The predicted molar refractivity (Wildman–Crippen MR) is 86.7 cm³/mol. The Hall–Kier alpha value is -2.27. The van der Waals surface area contributed by atoms with Crippen LogP contribution in [0.1, 0.15) is 40.8 Å². The molecule has 2 aromatic rings. The zero-order valence-corrected chi connectivity index (χ0v) is 13.9. The van der Waals surface area contributed by atoms with Crippen LogP contribution >= 0.6 is 11.6 Å². The Bertz CT molecular complexity index is 736. The predicted octanol–water partition coefficient (Wildman–Crippen LogP) is 3.67. The molecule has 0 saturated heterocycles. The van der Waals surface area contributed by atoms with E-state index in [0.29, 0.717) is 27.7 Å². The zero-order valence-electron chi connectivity index (χ0n) is 13.1. The van der Waals surface area contributed by atoms with Crippen molar-refractivity contribution in [2.75, 3.05) is 0 Å². The number of rotatable bonds is 5. The van der Waals surface area contributed by atoms with Crippen LogP contribution in [-0.4, -0.2) is 17.0 Å². The van der Waals surface area contributed by atoms with Gasteiger partial charge < -0.3 is 14.8 Å². The van der Waals surface area contributed by atoms with Crippen molar-refractivity contribution in [3.8, 4) is 0 Å². The number of carbonyl (C=O) groups excluding carboxylic acids is 1. The van der Waals surface area contributed by atoms with Crippen LogP contribution < -0.4 is 5.32 Å². The first kappa shape index (κ1) is 17.1. The number of aryl methyl sites for hydroxylation is 2. The van der Waals surface area contributed by atoms with Crippen molar-refractivity contribution >= 4 is 23.5 Å². The Morgan fingerprint density at radius 3 is 2.30 bits per heavy atom. The molecule has 0 radical (unpaired) electrons. The molecular weight excluding hydrogens is 318 g/mol. The van der Waals surface area contributed by atoms with E-state index in [4.69, 9.17) is 16.0 Å². The first-order valence-corrected chi connectivity index (χ1v) is 7.57. The molecular formula is C17H18ClNO4. The maximum Gasteiger partial charge on any atom is 0.334 e. The number of carboxylic acids is 1. The standard InChI is InChI=1S/C17H18ClNO4/c1-4-17(16(21)22,12-5-7-13(18)8-6-12)19-15(20)14-9-10(2)23-11(14)3/h5-9H,4H2,1-3H3,(H,19,20)(H,21,22). The Morgan fingerprint density at radius 1 is 1.26 bits per heavy atom. The summed E-state index contributed by atoms with van der Waals surface area (Å²) in [5.41, 5.74) is -0.738. The zero-order chi connectivity index (χ0) is 17.2. The van der Waals surface area contributed by atoms with Crippen LogP contribution in [0.4, 0.5) is 0 Å². The average Bonchev–Trinajstić information content (AvgIpc) is 2.84. The molecule has 1 amide bonds. The van der Waals surface area contributed by atoms with Crippen molar-refractivity contribution in [3.63, 3.8) is 0 Å². The normalized spacial score (nSPS) is 13.4. The second kappa shape index (κ2) is 6.46. The van der Waals surface area contributed by atoms with Gasteiger partial charge in [-0.15, -0.1) is 0 Å². The number of carbonyl (C=O) groups is 2. The lowest BCUT2D eigenvalue weighted by molar-refractivity contribution is -0.145. The molecule has 0 fully saturated rings. The van der Waals surface area contributed by atoms with E-state index in [1.165, 1.54) is 0 Å². The Kier molecular flexibility index (Phi) is 4.80. The van der Waals surface area contributed by atoms with Gasteiger partial charge in [0.25, 0.3) is 5.91 Å². The highest BCUT2D eigenvalue weighted by molar-refractivity contribution is 6.30. The van der Waals surface area contributed by atoms with Gasteiger partial charge in [0, 0.05) is 5.02 Å². The van der Waals surface area contributed by atoms with E-state index in [-0.39, 0.29) is 6.42 Å². The van der Waals surface area contributed by atoms with E-state index in [0.717, 1.165) is 0 Å². The molecule has 0 aliphatic carbocycles. The third-order valence-electron chi connectivity index (χ3n) is 3.84. The number of benzene rings is 1. The second-order valence-corrected chi connectivity index (χ2v) is 5.79. The van der Waals surface area contributed by atoms with E-state index in [9.17, 15) is 14.7 Å². The monoisotopic (exact) mass is 335 g/mol. The number of halogens is 1. The minimum Gasteiger partial charge on any atom is -0.479 e. The molecule has 0 aliphatic heterocycles. The molecule has 0 saturated carbocycles. The topological polar surface area (TPSA) is 79.5 Å². The molecule has 5 nitrogen and oxygen atoms in total. The summed E-state index contributed by atoms with van der Waals surface area (Å²) in [5.74, 6) is -0.574. The van der Waals surface area contributed by atoms with Gasteiger partial charge >= 0.3 is 5.97 Å². The third kappa shape index (κ3) is 3.24. The number of furan rings is 1. The molecule has 0 aliphatic rings. The van der Waals surface area contributed by atoms with Crippen LogP contribution in [0.25, 0.3) is 0 Å². The van der Waals surface area contributed by atoms with E-state index in [2.05, 4.69) is 5.32 Å². The van der Waals surface area contributed by atoms with E-state index < -0.39 is 17.4 Å². The number of hydrogen-bond acceptors (Lipinski definition) is 3. The molecule has 1 aromatic heterocycles. The van der Waals surface area contributed by atoms with Crippen molar-refractivity contribution < 1.29 is 19.1 Å². The van der Waals surface area contributed by atoms with Gasteiger partial charge in [-0.1, -0.05) is 30.7 Å². The molecule has 23 heavy (non-hydrogen) atoms. The summed E-state index contributed by atoms with van der Waals surface area (Å²) in [6.07, 6.45) is 0.186. The van der Waals surface area contributed by atoms with Crippen molar-refractivity contribution in [3.05, 3.63) is 58.0 Å². The Labute approximate surface area is 139 Å². The van der Waals surface area contributed by atoms with Crippen LogP contribution in [0, 0.1) is 13.8 Å². The fraction of sp³-hybridized carbons (Fsp3) is 0.294.